The van der Waals surface area contributed by atoms with E-state index < -0.39 is 17.6 Å². The molecule has 0 saturated carbocycles. The summed E-state index contributed by atoms with van der Waals surface area (Å²) in [5, 5.41) is 0. The molecule has 1 atom stereocenters. The molecule has 1 aliphatic heterocycles. The maximum absolute atomic E-state index is 13.1. The molecule has 1 amide bonds. The number of hydrogen-bond donors (Lipinski definition) is 0. The number of nitrogens with zero attached hydrogens (tertiary/aromatic N) is 2. The molecule has 0 aromatic heterocycles. The van der Waals surface area contributed by atoms with Crippen molar-refractivity contribution in [2.45, 2.75) is 26.1 Å². The number of likely N-dealkylation sites (tertiary alicyclic amines) is 1. The molecule has 0 spiro atoms. The zero-order valence-corrected chi connectivity index (χ0v) is 13.2. The zero-order valence-electron chi connectivity index (χ0n) is 13.2. The highest BCUT2D eigenvalue weighted by Crippen LogP contribution is 2.33. The second-order valence-corrected chi connectivity index (χ2v) is 6.12. The van der Waals surface area contributed by atoms with E-state index in [0.29, 0.717) is 25.7 Å². The number of halogens is 4. The molecule has 0 radical (unpaired) electrons. The van der Waals surface area contributed by atoms with Gasteiger partial charge in [-0.2, -0.15) is 13.2 Å². The van der Waals surface area contributed by atoms with Gasteiger partial charge >= 0.3 is 6.18 Å². The Morgan fingerprint density at radius 2 is 2.09 bits per heavy atom. The van der Waals surface area contributed by atoms with Gasteiger partial charge in [0.25, 0.3) is 0 Å². The summed E-state index contributed by atoms with van der Waals surface area (Å²) in [5.41, 5.74) is -0.871. The quantitative estimate of drug-likeness (QED) is 0.791. The van der Waals surface area contributed by atoms with Gasteiger partial charge in [0.1, 0.15) is 5.82 Å². The van der Waals surface area contributed by atoms with Gasteiger partial charge in [-0.3, -0.25) is 4.79 Å². The summed E-state index contributed by atoms with van der Waals surface area (Å²) in [6.07, 6.45) is -3.73. The van der Waals surface area contributed by atoms with Gasteiger partial charge in [0, 0.05) is 33.1 Å². The first-order valence-corrected chi connectivity index (χ1v) is 7.46. The SMILES string of the molecule is CC(=O)N1CCC(CN(C)Cc2ccc(F)cc2C(F)(F)F)C1. The van der Waals surface area contributed by atoms with E-state index in [2.05, 4.69) is 0 Å². The molecule has 0 bridgehead atoms. The van der Waals surface area contributed by atoms with Crippen molar-refractivity contribution in [2.75, 3.05) is 26.7 Å². The van der Waals surface area contributed by atoms with Crippen LogP contribution >= 0.6 is 0 Å². The van der Waals surface area contributed by atoms with Gasteiger partial charge in [0.05, 0.1) is 5.56 Å². The summed E-state index contributed by atoms with van der Waals surface area (Å²) in [6.45, 7) is 3.53. The van der Waals surface area contributed by atoms with Crippen molar-refractivity contribution in [3.63, 3.8) is 0 Å². The van der Waals surface area contributed by atoms with Crippen molar-refractivity contribution < 1.29 is 22.4 Å². The highest BCUT2D eigenvalue weighted by molar-refractivity contribution is 5.73. The number of hydrogen-bond acceptors (Lipinski definition) is 2. The van der Waals surface area contributed by atoms with Crippen LogP contribution in [0.2, 0.25) is 0 Å². The van der Waals surface area contributed by atoms with E-state index in [4.69, 9.17) is 0 Å². The molecule has 1 saturated heterocycles. The Morgan fingerprint density at radius 1 is 1.39 bits per heavy atom. The average Bonchev–Trinajstić information content (AvgIpc) is 2.88. The minimum absolute atomic E-state index is 0.0213. The predicted molar refractivity (Wildman–Crippen MR) is 78.1 cm³/mol. The second kappa shape index (κ2) is 6.86. The van der Waals surface area contributed by atoms with Gasteiger partial charge in [0.2, 0.25) is 5.91 Å². The largest absolute Gasteiger partial charge is 0.416 e. The molecule has 128 valence electrons. The van der Waals surface area contributed by atoms with Crippen LogP contribution < -0.4 is 0 Å². The molecule has 0 aliphatic carbocycles. The Balaban J connectivity index is 2.01. The number of alkyl halides is 3. The third-order valence-corrected chi connectivity index (χ3v) is 4.12. The predicted octanol–water partition coefficient (Wildman–Crippen LogP) is 3.14. The fourth-order valence-corrected chi connectivity index (χ4v) is 3.01. The van der Waals surface area contributed by atoms with Crippen LogP contribution in [-0.4, -0.2) is 42.4 Å². The van der Waals surface area contributed by atoms with Gasteiger partial charge in [0.15, 0.2) is 0 Å². The maximum Gasteiger partial charge on any atom is 0.416 e. The Hall–Kier alpha value is -1.63. The molecule has 0 N–H and O–H groups in total. The van der Waals surface area contributed by atoms with Crippen LogP contribution in [0.1, 0.15) is 24.5 Å². The molecule has 1 aromatic rings. The Kier molecular flexibility index (Phi) is 5.29. The maximum atomic E-state index is 13.1. The van der Waals surface area contributed by atoms with Crippen LogP contribution in [-0.2, 0) is 17.5 Å². The molecular formula is C16H20F4N2O. The van der Waals surface area contributed by atoms with E-state index in [1.807, 2.05) is 0 Å². The van der Waals surface area contributed by atoms with E-state index in [-0.39, 0.29) is 23.9 Å². The topological polar surface area (TPSA) is 23.6 Å². The molecule has 1 unspecified atom stereocenters. The Bertz CT molecular complexity index is 574. The standard InChI is InChI=1S/C16H20F4N2O/c1-11(23)22-6-5-12(9-22)8-21(2)10-13-3-4-14(17)7-15(13)16(18,19)20/h3-4,7,12H,5-6,8-10H2,1-2H3. The van der Waals surface area contributed by atoms with E-state index >= 15 is 0 Å². The first-order chi connectivity index (χ1) is 10.7. The molecular weight excluding hydrogens is 312 g/mol. The van der Waals surface area contributed by atoms with Crippen molar-refractivity contribution in [1.82, 2.24) is 9.80 Å². The lowest BCUT2D eigenvalue weighted by Crippen LogP contribution is -2.30. The number of carbonyl (C=O) groups is 1. The van der Waals surface area contributed by atoms with Crippen LogP contribution in [0.3, 0.4) is 0 Å². The average molecular weight is 332 g/mol. The van der Waals surface area contributed by atoms with Crippen LogP contribution in [0, 0.1) is 11.7 Å². The van der Waals surface area contributed by atoms with Gasteiger partial charge in [-0.15, -0.1) is 0 Å². The fraction of sp³-hybridized carbons (Fsp3) is 0.562. The van der Waals surface area contributed by atoms with E-state index in [1.54, 1.807) is 16.8 Å². The molecule has 1 aliphatic rings. The Labute approximate surface area is 132 Å². The third-order valence-electron chi connectivity index (χ3n) is 4.12. The lowest BCUT2D eigenvalue weighted by Gasteiger charge is -2.23. The number of benzene rings is 1. The lowest BCUT2D eigenvalue weighted by atomic mass is 10.0. The summed E-state index contributed by atoms with van der Waals surface area (Å²) in [7, 11) is 1.74. The summed E-state index contributed by atoms with van der Waals surface area (Å²) in [6, 6.07) is 2.77. The molecule has 7 heteroatoms. The number of amides is 1. The molecule has 23 heavy (non-hydrogen) atoms. The number of rotatable bonds is 4. The molecule has 1 aromatic carbocycles. The van der Waals surface area contributed by atoms with Crippen LogP contribution in [0.4, 0.5) is 17.6 Å². The second-order valence-electron chi connectivity index (χ2n) is 6.12. The molecule has 3 nitrogen and oxygen atoms in total. The third kappa shape index (κ3) is 4.67. The highest BCUT2D eigenvalue weighted by Gasteiger charge is 2.34. The van der Waals surface area contributed by atoms with Gasteiger partial charge in [-0.05, 0) is 37.1 Å². The molecule has 1 fully saturated rings. The van der Waals surface area contributed by atoms with Crippen LogP contribution in [0.5, 0.6) is 0 Å². The van der Waals surface area contributed by atoms with Crippen molar-refractivity contribution in [1.29, 1.82) is 0 Å². The van der Waals surface area contributed by atoms with Gasteiger partial charge in [-0.25, -0.2) is 4.39 Å². The summed E-state index contributed by atoms with van der Waals surface area (Å²) < 4.78 is 52.1. The van der Waals surface area contributed by atoms with E-state index in [9.17, 15) is 22.4 Å². The highest BCUT2D eigenvalue weighted by atomic mass is 19.4. The number of carbonyl (C=O) groups excluding carboxylic acids is 1. The van der Waals surface area contributed by atoms with Crippen molar-refractivity contribution in [2.24, 2.45) is 5.92 Å². The van der Waals surface area contributed by atoms with Gasteiger partial charge in [-0.1, -0.05) is 6.07 Å². The van der Waals surface area contributed by atoms with Crippen molar-refractivity contribution >= 4 is 5.91 Å². The Morgan fingerprint density at radius 3 is 2.65 bits per heavy atom. The van der Waals surface area contributed by atoms with Crippen LogP contribution in [0.15, 0.2) is 18.2 Å². The normalized spacial score (nSPS) is 18.7. The monoisotopic (exact) mass is 332 g/mol. The summed E-state index contributed by atoms with van der Waals surface area (Å²) in [4.78, 5) is 14.8. The van der Waals surface area contributed by atoms with E-state index in [0.717, 1.165) is 12.5 Å². The smallest absolute Gasteiger partial charge is 0.343 e. The summed E-state index contributed by atoms with van der Waals surface area (Å²) >= 11 is 0. The fourth-order valence-electron chi connectivity index (χ4n) is 3.01. The minimum atomic E-state index is -4.57. The van der Waals surface area contributed by atoms with E-state index in [1.165, 1.54) is 13.0 Å². The molecule has 2 rings (SSSR count). The lowest BCUT2D eigenvalue weighted by molar-refractivity contribution is -0.138. The van der Waals surface area contributed by atoms with Gasteiger partial charge < -0.3 is 9.80 Å². The van der Waals surface area contributed by atoms with Crippen molar-refractivity contribution in [3.05, 3.63) is 35.1 Å². The summed E-state index contributed by atoms with van der Waals surface area (Å²) in [5.74, 6) is -0.622. The minimum Gasteiger partial charge on any atom is -0.343 e. The first kappa shape index (κ1) is 17.7. The zero-order chi connectivity index (χ0) is 17.2. The molecule has 1 heterocycles. The van der Waals surface area contributed by atoms with Crippen molar-refractivity contribution in [3.8, 4) is 0 Å². The van der Waals surface area contributed by atoms with Crippen LogP contribution in [0.25, 0.3) is 0 Å². The first-order valence-electron chi connectivity index (χ1n) is 7.46.